The highest BCUT2D eigenvalue weighted by Crippen LogP contribution is 2.33. The molecular weight excluding hydrogens is 514 g/mol. The zero-order valence-electron chi connectivity index (χ0n) is 21.1. The van der Waals surface area contributed by atoms with Crippen LogP contribution < -0.4 is 14.4 Å². The first-order valence-electron chi connectivity index (χ1n) is 11.6. The Labute approximate surface area is 222 Å². The molecule has 10 heteroatoms. The molecule has 0 bridgehead atoms. The fourth-order valence-electron chi connectivity index (χ4n) is 3.85. The molecule has 8 nitrogen and oxygen atoms in total. The Morgan fingerprint density at radius 1 is 1.03 bits per heavy atom. The van der Waals surface area contributed by atoms with Gasteiger partial charge in [-0.3, -0.25) is 13.9 Å². The van der Waals surface area contributed by atoms with E-state index >= 15 is 0 Å². The van der Waals surface area contributed by atoms with Gasteiger partial charge in [0.1, 0.15) is 18.3 Å². The van der Waals surface area contributed by atoms with Gasteiger partial charge in [0, 0.05) is 18.6 Å². The summed E-state index contributed by atoms with van der Waals surface area (Å²) in [6, 6.07) is 19.0. The number of halogens is 1. The monoisotopic (exact) mass is 543 g/mol. The maximum Gasteiger partial charge on any atom is 0.264 e. The zero-order valence-corrected chi connectivity index (χ0v) is 22.7. The lowest BCUT2D eigenvalue weighted by atomic mass is 10.1. The molecule has 0 aliphatic heterocycles. The summed E-state index contributed by atoms with van der Waals surface area (Å²) in [5, 5.41) is 3.04. The van der Waals surface area contributed by atoms with Gasteiger partial charge in [-0.05, 0) is 61.4 Å². The number of aryl methyl sites for hydroxylation is 1. The van der Waals surface area contributed by atoms with E-state index in [-0.39, 0.29) is 23.0 Å². The summed E-state index contributed by atoms with van der Waals surface area (Å²) in [5.74, 6) is -0.668. The third-order valence-corrected chi connectivity index (χ3v) is 7.88. The zero-order chi connectivity index (χ0) is 27.2. The number of methoxy groups -OCH3 is 1. The number of sulfonamides is 1. The second-order valence-corrected chi connectivity index (χ2v) is 10.7. The number of anilines is 1. The van der Waals surface area contributed by atoms with Crippen LogP contribution in [0.5, 0.6) is 5.75 Å². The van der Waals surface area contributed by atoms with E-state index in [9.17, 15) is 18.0 Å². The number of rotatable bonds is 10. The molecule has 3 aromatic carbocycles. The molecule has 0 radical (unpaired) electrons. The second-order valence-electron chi connectivity index (χ2n) is 8.44. The molecule has 196 valence electrons. The molecule has 0 aromatic heterocycles. The van der Waals surface area contributed by atoms with E-state index in [0.717, 1.165) is 9.87 Å². The molecule has 3 aromatic rings. The van der Waals surface area contributed by atoms with Crippen molar-refractivity contribution >= 4 is 39.1 Å². The Morgan fingerprint density at radius 3 is 2.35 bits per heavy atom. The molecule has 0 saturated heterocycles. The Morgan fingerprint density at radius 2 is 1.73 bits per heavy atom. The quantitative estimate of drug-likeness (QED) is 0.417. The highest BCUT2D eigenvalue weighted by molar-refractivity contribution is 7.92. The predicted octanol–water partition coefficient (Wildman–Crippen LogP) is 4.02. The minimum Gasteiger partial charge on any atom is -0.495 e. The van der Waals surface area contributed by atoms with E-state index in [1.165, 1.54) is 31.2 Å². The number of ether oxygens (including phenoxy) is 1. The van der Waals surface area contributed by atoms with Crippen LogP contribution in [0.1, 0.15) is 18.1 Å². The van der Waals surface area contributed by atoms with Crippen LogP contribution in [0, 0.1) is 6.92 Å². The number of nitrogens with zero attached hydrogens (tertiary/aromatic N) is 2. The number of amides is 2. The van der Waals surface area contributed by atoms with Gasteiger partial charge in [-0.1, -0.05) is 48.0 Å². The molecule has 37 heavy (non-hydrogen) atoms. The van der Waals surface area contributed by atoms with Gasteiger partial charge in [0.05, 0.1) is 17.7 Å². The summed E-state index contributed by atoms with van der Waals surface area (Å²) in [5.41, 5.74) is 1.70. The lowest BCUT2D eigenvalue weighted by Gasteiger charge is -2.32. The van der Waals surface area contributed by atoms with Crippen molar-refractivity contribution in [3.63, 3.8) is 0 Å². The van der Waals surface area contributed by atoms with Crippen LogP contribution in [0.25, 0.3) is 0 Å². The van der Waals surface area contributed by atoms with Crippen molar-refractivity contribution in [3.05, 3.63) is 88.9 Å². The molecule has 0 saturated carbocycles. The van der Waals surface area contributed by atoms with Gasteiger partial charge in [0.25, 0.3) is 10.0 Å². The number of carbonyl (C=O) groups excluding carboxylic acids is 2. The Kier molecular flexibility index (Phi) is 9.18. The molecule has 0 heterocycles. The van der Waals surface area contributed by atoms with Crippen LogP contribution in [0.2, 0.25) is 5.02 Å². The van der Waals surface area contributed by atoms with E-state index in [1.54, 1.807) is 67.6 Å². The first-order valence-corrected chi connectivity index (χ1v) is 13.4. The number of hydrogen-bond acceptors (Lipinski definition) is 5. The Hall–Kier alpha value is -3.56. The molecule has 0 unspecified atom stereocenters. The molecule has 0 spiro atoms. The smallest absolute Gasteiger partial charge is 0.264 e. The van der Waals surface area contributed by atoms with Crippen molar-refractivity contribution < 1.29 is 22.7 Å². The molecule has 3 rings (SSSR count). The fraction of sp³-hybridized carbons (Fsp3) is 0.259. The topological polar surface area (TPSA) is 96.0 Å². The number of benzene rings is 3. The van der Waals surface area contributed by atoms with Crippen molar-refractivity contribution in [1.29, 1.82) is 0 Å². The van der Waals surface area contributed by atoms with Crippen molar-refractivity contribution in [2.45, 2.75) is 31.3 Å². The van der Waals surface area contributed by atoms with Crippen LogP contribution in [0.4, 0.5) is 5.69 Å². The van der Waals surface area contributed by atoms with Crippen LogP contribution in [-0.2, 0) is 26.2 Å². The van der Waals surface area contributed by atoms with E-state index in [4.69, 9.17) is 16.3 Å². The van der Waals surface area contributed by atoms with Crippen molar-refractivity contribution in [3.8, 4) is 5.75 Å². The summed E-state index contributed by atoms with van der Waals surface area (Å²) < 4.78 is 34.2. The molecule has 0 aliphatic carbocycles. The van der Waals surface area contributed by atoms with Gasteiger partial charge in [0.15, 0.2) is 0 Å². The number of hydrogen-bond donors (Lipinski definition) is 1. The SMILES string of the molecule is CNC(=O)[C@H](C)N(Cc1cccc(Cl)c1)C(=O)CN(c1cc(C)ccc1OC)S(=O)(=O)c1ccccc1. The van der Waals surface area contributed by atoms with E-state index < -0.39 is 28.5 Å². The lowest BCUT2D eigenvalue weighted by molar-refractivity contribution is -0.139. The summed E-state index contributed by atoms with van der Waals surface area (Å²) in [6.07, 6.45) is 0. The van der Waals surface area contributed by atoms with Gasteiger partial charge in [-0.2, -0.15) is 0 Å². The first-order chi connectivity index (χ1) is 17.6. The molecule has 0 fully saturated rings. The van der Waals surface area contributed by atoms with E-state index in [0.29, 0.717) is 16.3 Å². The largest absolute Gasteiger partial charge is 0.495 e. The maximum absolute atomic E-state index is 13.8. The van der Waals surface area contributed by atoms with Crippen molar-refractivity contribution in [1.82, 2.24) is 10.2 Å². The summed E-state index contributed by atoms with van der Waals surface area (Å²) >= 11 is 6.13. The van der Waals surface area contributed by atoms with Gasteiger partial charge >= 0.3 is 0 Å². The predicted molar refractivity (Wildman–Crippen MR) is 144 cm³/mol. The summed E-state index contributed by atoms with van der Waals surface area (Å²) in [7, 11) is -1.27. The molecule has 0 aliphatic rings. The average molecular weight is 544 g/mol. The molecule has 2 amide bonds. The highest BCUT2D eigenvalue weighted by atomic mass is 35.5. The average Bonchev–Trinajstić information content (AvgIpc) is 2.89. The van der Waals surface area contributed by atoms with Crippen LogP contribution in [0.3, 0.4) is 0 Å². The second kappa shape index (κ2) is 12.1. The molecular formula is C27H30ClN3O5S. The third kappa shape index (κ3) is 6.61. The van der Waals surface area contributed by atoms with Crippen LogP contribution >= 0.6 is 11.6 Å². The van der Waals surface area contributed by atoms with Crippen molar-refractivity contribution in [2.24, 2.45) is 0 Å². The van der Waals surface area contributed by atoms with Crippen LogP contribution in [0.15, 0.2) is 77.7 Å². The summed E-state index contributed by atoms with van der Waals surface area (Å²) in [6.45, 7) is 2.90. The lowest BCUT2D eigenvalue weighted by Crippen LogP contribution is -2.50. The Bertz CT molecular complexity index is 1370. The standard InChI is InChI=1S/C27H30ClN3O5S/c1-19-13-14-25(36-4)24(15-19)31(37(34,35)23-11-6-5-7-12-23)18-26(32)30(20(2)27(33)29-3)17-21-9-8-10-22(28)16-21/h5-16,20H,17-18H2,1-4H3,(H,29,33)/t20-/m0/s1. The molecule has 1 atom stereocenters. The maximum atomic E-state index is 13.8. The number of carbonyl (C=O) groups is 2. The van der Waals surface area contributed by atoms with Gasteiger partial charge in [-0.15, -0.1) is 0 Å². The van der Waals surface area contributed by atoms with Gasteiger partial charge in [0.2, 0.25) is 11.8 Å². The fourth-order valence-corrected chi connectivity index (χ4v) is 5.50. The summed E-state index contributed by atoms with van der Waals surface area (Å²) in [4.78, 5) is 27.7. The van der Waals surface area contributed by atoms with E-state index in [1.807, 2.05) is 6.92 Å². The first kappa shape index (κ1) is 28.0. The van der Waals surface area contributed by atoms with Crippen molar-refractivity contribution in [2.75, 3.05) is 25.0 Å². The van der Waals surface area contributed by atoms with Gasteiger partial charge < -0.3 is 15.0 Å². The Balaban J connectivity index is 2.10. The number of likely N-dealkylation sites (N-methyl/N-ethyl adjacent to an activating group) is 1. The normalized spacial score (nSPS) is 11.9. The van der Waals surface area contributed by atoms with Crippen LogP contribution in [-0.4, -0.2) is 51.9 Å². The van der Waals surface area contributed by atoms with Gasteiger partial charge in [-0.25, -0.2) is 8.42 Å². The third-order valence-electron chi connectivity index (χ3n) is 5.87. The van der Waals surface area contributed by atoms with E-state index in [2.05, 4.69) is 5.32 Å². The molecule has 1 N–H and O–H groups in total. The highest BCUT2D eigenvalue weighted by Gasteiger charge is 2.33. The number of nitrogens with one attached hydrogen (secondary N) is 1. The minimum atomic E-state index is -4.18. The minimum absolute atomic E-state index is 0.0205.